The molecule has 0 radical (unpaired) electrons. The molecule has 0 saturated heterocycles. The van der Waals surface area contributed by atoms with Crippen molar-refractivity contribution in [2.45, 2.75) is 6.04 Å². The summed E-state index contributed by atoms with van der Waals surface area (Å²) in [4.78, 5) is 11.7. The minimum absolute atomic E-state index is 0.158. The molecule has 1 amide bonds. The van der Waals surface area contributed by atoms with Crippen LogP contribution in [-0.2, 0) is 4.74 Å². The Labute approximate surface area is 94.2 Å². The second-order valence-electron chi connectivity index (χ2n) is 3.43. The topological polar surface area (TPSA) is 84.6 Å². The molecule has 0 fully saturated rings. The average Bonchev–Trinajstić information content (AvgIpc) is 2.29. The first-order chi connectivity index (χ1) is 7.67. The van der Waals surface area contributed by atoms with E-state index in [0.29, 0.717) is 11.3 Å². The van der Waals surface area contributed by atoms with Crippen LogP contribution in [0.5, 0.6) is 0 Å². The number of methoxy groups -OCH3 is 1. The molecule has 4 N–H and O–H groups in total. The van der Waals surface area contributed by atoms with E-state index in [1.54, 1.807) is 24.3 Å². The summed E-state index contributed by atoms with van der Waals surface area (Å²) in [6, 6.07) is 6.17. The van der Waals surface area contributed by atoms with Gasteiger partial charge in [-0.3, -0.25) is 4.79 Å². The Morgan fingerprint density at radius 3 is 2.62 bits per heavy atom. The number of aliphatic hydroxyl groups is 1. The lowest BCUT2D eigenvalue weighted by Gasteiger charge is -2.15. The lowest BCUT2D eigenvalue weighted by molar-refractivity contribution is 0.0839. The molecule has 1 aromatic carbocycles. The second kappa shape index (κ2) is 6.09. The number of carbonyl (C=O) groups excluding carboxylic acids is 1. The fraction of sp³-hybridized carbons (Fsp3) is 0.364. The molecule has 0 bridgehead atoms. The third kappa shape index (κ3) is 3.52. The first-order valence-electron chi connectivity index (χ1n) is 4.93. The van der Waals surface area contributed by atoms with Gasteiger partial charge in [-0.2, -0.15) is 0 Å². The SMILES string of the molecule is COCC(CO)NC(=O)c1ccc(N)cc1. The van der Waals surface area contributed by atoms with Crippen molar-refractivity contribution in [1.82, 2.24) is 5.32 Å². The molecule has 0 aliphatic rings. The highest BCUT2D eigenvalue weighted by Crippen LogP contribution is 2.05. The Bertz CT molecular complexity index is 338. The monoisotopic (exact) mass is 224 g/mol. The minimum atomic E-state index is -0.393. The third-order valence-electron chi connectivity index (χ3n) is 2.10. The van der Waals surface area contributed by atoms with E-state index in [1.807, 2.05) is 0 Å². The molecule has 0 spiro atoms. The summed E-state index contributed by atoms with van der Waals surface area (Å²) >= 11 is 0. The number of aliphatic hydroxyl groups excluding tert-OH is 1. The molecule has 16 heavy (non-hydrogen) atoms. The molecule has 5 heteroatoms. The Morgan fingerprint density at radius 1 is 1.50 bits per heavy atom. The van der Waals surface area contributed by atoms with Crippen LogP contribution < -0.4 is 11.1 Å². The van der Waals surface area contributed by atoms with Gasteiger partial charge < -0.3 is 20.9 Å². The number of rotatable bonds is 5. The molecule has 5 nitrogen and oxygen atoms in total. The van der Waals surface area contributed by atoms with Gasteiger partial charge in [-0.05, 0) is 24.3 Å². The Balaban J connectivity index is 2.60. The van der Waals surface area contributed by atoms with Gasteiger partial charge in [0.2, 0.25) is 0 Å². The predicted molar refractivity (Wildman–Crippen MR) is 61.1 cm³/mol. The molecular weight excluding hydrogens is 208 g/mol. The first-order valence-corrected chi connectivity index (χ1v) is 4.93. The van der Waals surface area contributed by atoms with Crippen molar-refractivity contribution in [3.05, 3.63) is 29.8 Å². The number of ether oxygens (including phenoxy) is 1. The number of amides is 1. The normalized spacial score (nSPS) is 12.1. The summed E-state index contributed by atoms with van der Waals surface area (Å²) in [6.45, 7) is 0.117. The molecule has 0 aliphatic heterocycles. The zero-order chi connectivity index (χ0) is 12.0. The fourth-order valence-corrected chi connectivity index (χ4v) is 1.24. The van der Waals surface area contributed by atoms with Crippen molar-refractivity contribution in [2.75, 3.05) is 26.1 Å². The van der Waals surface area contributed by atoms with Gasteiger partial charge in [0.1, 0.15) is 0 Å². The van der Waals surface area contributed by atoms with E-state index in [2.05, 4.69) is 5.32 Å². The molecule has 0 heterocycles. The van der Waals surface area contributed by atoms with Gasteiger partial charge in [-0.15, -0.1) is 0 Å². The largest absolute Gasteiger partial charge is 0.399 e. The highest BCUT2D eigenvalue weighted by Gasteiger charge is 2.12. The molecule has 0 aliphatic carbocycles. The van der Waals surface area contributed by atoms with Crippen molar-refractivity contribution in [3.8, 4) is 0 Å². The fourth-order valence-electron chi connectivity index (χ4n) is 1.24. The van der Waals surface area contributed by atoms with Gasteiger partial charge in [0.05, 0.1) is 19.3 Å². The van der Waals surface area contributed by atoms with E-state index in [0.717, 1.165) is 0 Å². The number of nitrogens with two attached hydrogens (primary N) is 1. The highest BCUT2D eigenvalue weighted by atomic mass is 16.5. The summed E-state index contributed by atoms with van der Waals surface area (Å²) < 4.78 is 4.86. The number of hydrogen-bond donors (Lipinski definition) is 3. The zero-order valence-corrected chi connectivity index (χ0v) is 9.14. The van der Waals surface area contributed by atoms with Crippen molar-refractivity contribution in [1.29, 1.82) is 0 Å². The summed E-state index contributed by atoms with van der Waals surface area (Å²) in [5.74, 6) is -0.254. The summed E-state index contributed by atoms with van der Waals surface area (Å²) in [5, 5.41) is 11.6. The van der Waals surface area contributed by atoms with E-state index in [1.165, 1.54) is 7.11 Å². The lowest BCUT2D eigenvalue weighted by Crippen LogP contribution is -2.40. The third-order valence-corrected chi connectivity index (χ3v) is 2.10. The van der Waals surface area contributed by atoms with E-state index < -0.39 is 6.04 Å². The molecule has 1 aromatic rings. The Hall–Kier alpha value is -1.59. The van der Waals surface area contributed by atoms with Gasteiger partial charge >= 0.3 is 0 Å². The van der Waals surface area contributed by atoms with Crippen molar-refractivity contribution < 1.29 is 14.6 Å². The quantitative estimate of drug-likeness (QED) is 0.615. The van der Waals surface area contributed by atoms with Gasteiger partial charge in [0.15, 0.2) is 0 Å². The van der Waals surface area contributed by atoms with Crippen LogP contribution >= 0.6 is 0 Å². The standard InChI is InChI=1S/C11H16N2O3/c1-16-7-10(6-14)13-11(15)8-2-4-9(12)5-3-8/h2-5,10,14H,6-7,12H2,1H3,(H,13,15). The van der Waals surface area contributed by atoms with Crippen LogP contribution in [0, 0.1) is 0 Å². The number of anilines is 1. The van der Waals surface area contributed by atoms with E-state index in [9.17, 15) is 4.79 Å². The molecule has 1 atom stereocenters. The average molecular weight is 224 g/mol. The van der Waals surface area contributed by atoms with E-state index >= 15 is 0 Å². The first kappa shape index (κ1) is 12.5. The van der Waals surface area contributed by atoms with Crippen LogP contribution in [0.2, 0.25) is 0 Å². The van der Waals surface area contributed by atoms with Crippen LogP contribution in [0.1, 0.15) is 10.4 Å². The summed E-state index contributed by atoms with van der Waals surface area (Å²) in [5.41, 5.74) is 6.62. The van der Waals surface area contributed by atoms with Gasteiger partial charge in [0.25, 0.3) is 5.91 Å². The zero-order valence-electron chi connectivity index (χ0n) is 9.14. The van der Waals surface area contributed by atoms with Crippen LogP contribution in [0.15, 0.2) is 24.3 Å². The molecule has 0 aromatic heterocycles. The predicted octanol–water partition coefficient (Wildman–Crippen LogP) is 0.00590. The molecule has 1 rings (SSSR count). The van der Waals surface area contributed by atoms with Crippen molar-refractivity contribution in [2.24, 2.45) is 0 Å². The molecular formula is C11H16N2O3. The molecule has 0 saturated carbocycles. The second-order valence-corrected chi connectivity index (χ2v) is 3.43. The summed E-state index contributed by atoms with van der Waals surface area (Å²) in [7, 11) is 1.51. The molecule has 88 valence electrons. The minimum Gasteiger partial charge on any atom is -0.399 e. The van der Waals surface area contributed by atoms with Crippen LogP contribution in [-0.4, -0.2) is 37.4 Å². The molecule has 1 unspecified atom stereocenters. The number of nitrogen functional groups attached to an aromatic ring is 1. The maximum Gasteiger partial charge on any atom is 0.251 e. The highest BCUT2D eigenvalue weighted by molar-refractivity contribution is 5.94. The number of benzene rings is 1. The number of hydrogen-bond acceptors (Lipinski definition) is 4. The maximum atomic E-state index is 11.7. The Morgan fingerprint density at radius 2 is 2.12 bits per heavy atom. The maximum absolute atomic E-state index is 11.7. The van der Waals surface area contributed by atoms with Crippen LogP contribution in [0.4, 0.5) is 5.69 Å². The number of carbonyl (C=O) groups is 1. The van der Waals surface area contributed by atoms with Gasteiger partial charge in [-0.1, -0.05) is 0 Å². The van der Waals surface area contributed by atoms with Gasteiger partial charge in [0, 0.05) is 18.4 Å². The van der Waals surface area contributed by atoms with Crippen LogP contribution in [0.25, 0.3) is 0 Å². The smallest absolute Gasteiger partial charge is 0.251 e. The summed E-state index contributed by atoms with van der Waals surface area (Å²) in [6.07, 6.45) is 0. The van der Waals surface area contributed by atoms with E-state index in [-0.39, 0.29) is 19.1 Å². The van der Waals surface area contributed by atoms with Crippen molar-refractivity contribution in [3.63, 3.8) is 0 Å². The van der Waals surface area contributed by atoms with Crippen molar-refractivity contribution >= 4 is 11.6 Å². The van der Waals surface area contributed by atoms with Gasteiger partial charge in [-0.25, -0.2) is 0 Å². The van der Waals surface area contributed by atoms with E-state index in [4.69, 9.17) is 15.6 Å². The number of nitrogens with one attached hydrogen (secondary N) is 1. The lowest BCUT2D eigenvalue weighted by atomic mass is 10.2. The Kier molecular flexibility index (Phi) is 4.75. The van der Waals surface area contributed by atoms with Crippen LogP contribution in [0.3, 0.4) is 0 Å².